The van der Waals surface area contributed by atoms with Crippen LogP contribution in [-0.4, -0.2) is 80.2 Å². The van der Waals surface area contributed by atoms with E-state index in [0.717, 1.165) is 0 Å². The molecule has 1 saturated heterocycles. The quantitative estimate of drug-likeness (QED) is 0.147. The number of carbonyl (C=O) groups is 2. The highest BCUT2D eigenvalue weighted by atomic mass is 16.6. The molecule has 0 aliphatic carbocycles. The highest BCUT2D eigenvalue weighted by Crippen LogP contribution is 2.37. The second-order valence-electron chi connectivity index (χ2n) is 11.7. The Morgan fingerprint density at radius 1 is 1.33 bits per heavy atom. The standard InChI is InChI=1S/C30H48O9/c1-8-23(33)20(4)28-24(38-28)17-29(6,35)14-9-10-18(2)27-19(3)11-12-25(37-21(5)31)30(7,36)15-13-22(32)16-26(34)39-27/h9-12,14,19-20,22-25,27-28,32-33,35-36H,8,13,15-17H2,1-7H3/b12-11+,14-9+,18-10+/t19-,20?,22+,23?,24-,25-,27+,28-,29?,30+/m0/s1. The normalized spacial score (nSPS) is 36.6. The number of hydrogen-bond acceptors (Lipinski definition) is 9. The molecule has 0 radical (unpaired) electrons. The second-order valence-corrected chi connectivity index (χ2v) is 11.7. The van der Waals surface area contributed by atoms with E-state index in [1.54, 1.807) is 44.2 Å². The fourth-order valence-electron chi connectivity index (χ4n) is 4.98. The minimum absolute atomic E-state index is 0.00472. The molecular formula is C30H48O9. The average molecular weight is 553 g/mol. The zero-order valence-corrected chi connectivity index (χ0v) is 24.4. The highest BCUT2D eigenvalue weighted by Gasteiger charge is 2.47. The molecule has 0 saturated carbocycles. The summed E-state index contributed by atoms with van der Waals surface area (Å²) in [6, 6.07) is 0. The summed E-state index contributed by atoms with van der Waals surface area (Å²) in [6.45, 7) is 12.0. The van der Waals surface area contributed by atoms with Crippen molar-refractivity contribution in [3.05, 3.63) is 36.0 Å². The lowest BCUT2D eigenvalue weighted by molar-refractivity contribution is -0.157. The molecule has 0 spiro atoms. The van der Waals surface area contributed by atoms with E-state index in [2.05, 4.69) is 0 Å². The van der Waals surface area contributed by atoms with E-state index in [4.69, 9.17) is 14.2 Å². The van der Waals surface area contributed by atoms with Gasteiger partial charge in [0.25, 0.3) is 0 Å². The van der Waals surface area contributed by atoms with Crippen molar-refractivity contribution >= 4 is 11.9 Å². The number of hydrogen-bond donors (Lipinski definition) is 4. The molecule has 0 aromatic rings. The molecule has 222 valence electrons. The third-order valence-electron chi connectivity index (χ3n) is 7.66. The molecular weight excluding hydrogens is 504 g/mol. The Kier molecular flexibility index (Phi) is 11.9. The van der Waals surface area contributed by atoms with Crippen molar-refractivity contribution in [3.8, 4) is 0 Å². The number of aliphatic hydroxyl groups excluding tert-OH is 2. The van der Waals surface area contributed by atoms with Gasteiger partial charge in [0.15, 0.2) is 0 Å². The number of ether oxygens (including phenoxy) is 3. The minimum Gasteiger partial charge on any atom is -0.457 e. The largest absolute Gasteiger partial charge is 0.457 e. The highest BCUT2D eigenvalue weighted by molar-refractivity contribution is 5.70. The number of carbonyl (C=O) groups excluding carboxylic acids is 2. The zero-order chi connectivity index (χ0) is 29.5. The van der Waals surface area contributed by atoms with Crippen LogP contribution in [0.25, 0.3) is 0 Å². The van der Waals surface area contributed by atoms with Gasteiger partial charge in [0.2, 0.25) is 0 Å². The fourth-order valence-corrected chi connectivity index (χ4v) is 4.98. The second kappa shape index (κ2) is 14.0. The van der Waals surface area contributed by atoms with E-state index in [0.29, 0.717) is 18.4 Å². The Bertz CT molecular complexity index is 919. The van der Waals surface area contributed by atoms with Crippen LogP contribution in [0.2, 0.25) is 0 Å². The molecule has 2 heterocycles. The van der Waals surface area contributed by atoms with Crippen LogP contribution >= 0.6 is 0 Å². The summed E-state index contributed by atoms with van der Waals surface area (Å²) in [5.74, 6) is -1.46. The van der Waals surface area contributed by atoms with E-state index < -0.39 is 47.6 Å². The van der Waals surface area contributed by atoms with Gasteiger partial charge in [0.1, 0.15) is 17.8 Å². The van der Waals surface area contributed by atoms with Crippen molar-refractivity contribution in [3.63, 3.8) is 0 Å². The number of rotatable bonds is 9. The Balaban J connectivity index is 2.18. The Hall–Kier alpha value is -2.04. The van der Waals surface area contributed by atoms with Gasteiger partial charge in [-0.1, -0.05) is 45.1 Å². The van der Waals surface area contributed by atoms with Crippen LogP contribution in [0.3, 0.4) is 0 Å². The monoisotopic (exact) mass is 552 g/mol. The number of cyclic esters (lactones) is 1. The van der Waals surface area contributed by atoms with Crippen LogP contribution in [0.5, 0.6) is 0 Å². The number of epoxide rings is 1. The van der Waals surface area contributed by atoms with Crippen molar-refractivity contribution < 1.29 is 44.2 Å². The molecule has 9 nitrogen and oxygen atoms in total. The van der Waals surface area contributed by atoms with Crippen molar-refractivity contribution in [1.29, 1.82) is 0 Å². The number of aliphatic hydroxyl groups is 4. The maximum atomic E-state index is 12.6. The van der Waals surface area contributed by atoms with Gasteiger partial charge >= 0.3 is 11.9 Å². The fraction of sp³-hybridized carbons (Fsp3) is 0.733. The minimum atomic E-state index is -1.43. The van der Waals surface area contributed by atoms with Crippen molar-refractivity contribution in [2.75, 3.05) is 0 Å². The number of allylic oxidation sites excluding steroid dienone is 2. The predicted molar refractivity (Wildman–Crippen MR) is 146 cm³/mol. The summed E-state index contributed by atoms with van der Waals surface area (Å²) >= 11 is 0. The molecule has 0 bridgehead atoms. The summed E-state index contributed by atoms with van der Waals surface area (Å²) in [5, 5.41) is 42.2. The third-order valence-corrected chi connectivity index (χ3v) is 7.66. The molecule has 2 aliphatic rings. The average Bonchev–Trinajstić information content (AvgIpc) is 3.59. The maximum absolute atomic E-state index is 12.6. The summed E-state index contributed by atoms with van der Waals surface area (Å²) in [6.07, 6.45) is 6.23. The summed E-state index contributed by atoms with van der Waals surface area (Å²) in [5.41, 5.74) is -1.87. The molecule has 10 atom stereocenters. The first-order chi connectivity index (χ1) is 18.1. The topological polar surface area (TPSA) is 146 Å². The van der Waals surface area contributed by atoms with E-state index in [1.807, 2.05) is 20.8 Å². The Morgan fingerprint density at radius 3 is 2.62 bits per heavy atom. The lowest BCUT2D eigenvalue weighted by Gasteiger charge is -2.32. The Morgan fingerprint density at radius 2 is 2.00 bits per heavy atom. The maximum Gasteiger partial charge on any atom is 0.309 e. The molecule has 0 aromatic heterocycles. The van der Waals surface area contributed by atoms with Crippen LogP contribution in [-0.2, 0) is 23.8 Å². The van der Waals surface area contributed by atoms with Crippen LogP contribution in [0.15, 0.2) is 36.0 Å². The first-order valence-electron chi connectivity index (χ1n) is 13.9. The molecule has 2 rings (SSSR count). The van der Waals surface area contributed by atoms with Gasteiger partial charge in [-0.15, -0.1) is 0 Å². The summed E-state index contributed by atoms with van der Waals surface area (Å²) in [7, 11) is 0. The van der Waals surface area contributed by atoms with Gasteiger partial charge in [-0.2, -0.15) is 0 Å². The van der Waals surface area contributed by atoms with Crippen LogP contribution < -0.4 is 0 Å². The number of esters is 2. The SMILES string of the molecule is CCC(O)C(C)[C@@H]1O[C@H]1CC(C)(O)/C=C/C=C(\C)[C@H]1OC(=O)C[C@H](O)CC[C@@](C)(O)[C@@H](OC(C)=O)/C=C/[C@@H]1C. The molecule has 1 fully saturated rings. The zero-order valence-electron chi connectivity index (χ0n) is 24.4. The smallest absolute Gasteiger partial charge is 0.309 e. The van der Waals surface area contributed by atoms with Gasteiger partial charge in [0, 0.05) is 25.2 Å². The molecule has 2 aliphatic heterocycles. The van der Waals surface area contributed by atoms with Gasteiger partial charge in [-0.25, -0.2) is 0 Å². The lowest BCUT2D eigenvalue weighted by atomic mass is 9.88. The first kappa shape index (κ1) is 33.2. The van der Waals surface area contributed by atoms with Gasteiger partial charge in [-0.3, -0.25) is 9.59 Å². The van der Waals surface area contributed by atoms with E-state index in [-0.39, 0.29) is 43.3 Å². The molecule has 3 unspecified atom stereocenters. The molecule has 4 N–H and O–H groups in total. The first-order valence-corrected chi connectivity index (χ1v) is 13.9. The van der Waals surface area contributed by atoms with E-state index >= 15 is 0 Å². The van der Waals surface area contributed by atoms with Crippen molar-refractivity contribution in [1.82, 2.24) is 0 Å². The third kappa shape index (κ3) is 10.5. The molecule has 0 aromatic carbocycles. The molecule has 9 heteroatoms. The van der Waals surface area contributed by atoms with Crippen molar-refractivity contribution in [2.24, 2.45) is 11.8 Å². The van der Waals surface area contributed by atoms with Gasteiger partial charge in [-0.05, 0) is 51.7 Å². The molecule has 39 heavy (non-hydrogen) atoms. The van der Waals surface area contributed by atoms with Crippen LogP contribution in [0.1, 0.15) is 80.6 Å². The van der Waals surface area contributed by atoms with Gasteiger partial charge in [0.05, 0.1) is 36.4 Å². The predicted octanol–water partition coefficient (Wildman–Crippen LogP) is 3.14. The molecule has 0 amide bonds. The summed E-state index contributed by atoms with van der Waals surface area (Å²) < 4.78 is 16.8. The lowest BCUT2D eigenvalue weighted by Crippen LogP contribution is -2.42. The van der Waals surface area contributed by atoms with E-state index in [9.17, 15) is 30.0 Å². The van der Waals surface area contributed by atoms with Crippen molar-refractivity contribution in [2.45, 2.75) is 128 Å². The summed E-state index contributed by atoms with van der Waals surface area (Å²) in [4.78, 5) is 24.3. The van der Waals surface area contributed by atoms with Crippen LogP contribution in [0.4, 0.5) is 0 Å². The van der Waals surface area contributed by atoms with Crippen LogP contribution in [0, 0.1) is 11.8 Å². The van der Waals surface area contributed by atoms with Gasteiger partial charge < -0.3 is 34.6 Å². The Labute approximate surface area is 232 Å². The van der Waals surface area contributed by atoms with E-state index in [1.165, 1.54) is 13.8 Å².